The lowest BCUT2D eigenvalue weighted by Crippen LogP contribution is -2.61. The lowest BCUT2D eigenvalue weighted by Gasteiger charge is -2.44. The number of aliphatic hydroxyl groups excluding tert-OH is 1. The van der Waals surface area contributed by atoms with E-state index in [0.717, 1.165) is 24.8 Å². The molecule has 0 radical (unpaired) electrons. The fourth-order valence-corrected chi connectivity index (χ4v) is 4.19. The van der Waals surface area contributed by atoms with Crippen molar-refractivity contribution in [3.63, 3.8) is 0 Å². The number of aliphatic hydroxyl groups is 1. The number of piperidine rings is 1. The number of amides is 2. The summed E-state index contributed by atoms with van der Waals surface area (Å²) in [5.41, 5.74) is 6.58. The van der Waals surface area contributed by atoms with E-state index in [2.05, 4.69) is 0 Å². The first-order valence-electron chi connectivity index (χ1n) is 9.13. The molecule has 3 N–H and O–H groups in total. The van der Waals surface area contributed by atoms with E-state index in [1.165, 1.54) is 0 Å². The predicted molar refractivity (Wildman–Crippen MR) is 102 cm³/mol. The zero-order chi connectivity index (χ0) is 17.9. The fraction of sp³-hybridized carbons (Fsp3) is 0.579. The van der Waals surface area contributed by atoms with Gasteiger partial charge in [0.1, 0.15) is 5.54 Å². The molecule has 0 bridgehead atoms. The Morgan fingerprint density at radius 3 is 2.42 bits per heavy atom. The molecule has 0 aliphatic carbocycles. The number of benzene rings is 1. The van der Waals surface area contributed by atoms with Crippen molar-refractivity contribution in [2.45, 2.75) is 37.6 Å². The van der Waals surface area contributed by atoms with Crippen molar-refractivity contribution in [1.29, 1.82) is 0 Å². The summed E-state index contributed by atoms with van der Waals surface area (Å²) < 4.78 is 0. The summed E-state index contributed by atoms with van der Waals surface area (Å²) in [7, 11) is 0. The van der Waals surface area contributed by atoms with Gasteiger partial charge >= 0.3 is 0 Å². The second-order valence-corrected chi connectivity index (χ2v) is 6.95. The molecule has 2 aliphatic heterocycles. The van der Waals surface area contributed by atoms with Gasteiger partial charge < -0.3 is 20.6 Å². The molecule has 1 aromatic rings. The number of hydrogen-bond donors (Lipinski definition) is 2. The van der Waals surface area contributed by atoms with E-state index in [-0.39, 0.29) is 30.8 Å². The summed E-state index contributed by atoms with van der Waals surface area (Å²) in [5.74, 6) is -0.0746. The zero-order valence-electron chi connectivity index (χ0n) is 15.0. The number of carbonyl (C=O) groups excluding carboxylic acids is 2. The van der Waals surface area contributed by atoms with Crippen molar-refractivity contribution in [3.05, 3.63) is 35.4 Å². The predicted octanol–water partition coefficient (Wildman–Crippen LogP) is 1.20. The van der Waals surface area contributed by atoms with Gasteiger partial charge in [0.15, 0.2) is 0 Å². The smallest absolute Gasteiger partial charge is 0.254 e. The summed E-state index contributed by atoms with van der Waals surface area (Å²) in [6.45, 7) is 2.16. The molecule has 2 amide bonds. The van der Waals surface area contributed by atoms with Gasteiger partial charge in [0.25, 0.3) is 5.91 Å². The Morgan fingerprint density at radius 2 is 1.81 bits per heavy atom. The summed E-state index contributed by atoms with van der Waals surface area (Å²) in [6.07, 6.45) is 3.92. The largest absolute Gasteiger partial charge is 0.395 e. The Morgan fingerprint density at radius 1 is 1.15 bits per heavy atom. The van der Waals surface area contributed by atoms with Crippen LogP contribution in [0.25, 0.3) is 0 Å². The van der Waals surface area contributed by atoms with E-state index >= 15 is 0 Å². The Bertz CT molecular complexity index is 635. The standard InChI is InChI=1S/C19H27N3O3.ClH/c20-10-7-15-3-5-16(6-4-15)17(24)22-12-2-9-19(22)8-1-11-21(13-14-23)18(19)25;/h3-6,23H,1-2,7-14,20H2;1H. The van der Waals surface area contributed by atoms with Crippen molar-refractivity contribution < 1.29 is 14.7 Å². The molecule has 2 heterocycles. The molecule has 26 heavy (non-hydrogen) atoms. The highest BCUT2D eigenvalue weighted by Crippen LogP contribution is 2.39. The van der Waals surface area contributed by atoms with E-state index in [1.54, 1.807) is 9.80 Å². The van der Waals surface area contributed by atoms with E-state index in [0.29, 0.717) is 44.6 Å². The number of halogens is 1. The van der Waals surface area contributed by atoms with Gasteiger partial charge in [0.05, 0.1) is 6.61 Å². The van der Waals surface area contributed by atoms with Crippen LogP contribution in [0.3, 0.4) is 0 Å². The number of β-amino-alcohol motifs (C(OH)–C–C–N with tert-alkyl or cyclic N) is 1. The van der Waals surface area contributed by atoms with Crippen LogP contribution in [-0.4, -0.2) is 65.0 Å². The van der Waals surface area contributed by atoms with Crippen LogP contribution in [0.15, 0.2) is 24.3 Å². The highest BCUT2D eigenvalue weighted by molar-refractivity contribution is 6.00. The highest BCUT2D eigenvalue weighted by atomic mass is 35.5. The average Bonchev–Trinajstić information content (AvgIpc) is 3.04. The van der Waals surface area contributed by atoms with Gasteiger partial charge in [-0.3, -0.25) is 9.59 Å². The second-order valence-electron chi connectivity index (χ2n) is 6.95. The molecular weight excluding hydrogens is 354 g/mol. The van der Waals surface area contributed by atoms with Crippen molar-refractivity contribution in [2.24, 2.45) is 5.73 Å². The fourth-order valence-electron chi connectivity index (χ4n) is 4.19. The summed E-state index contributed by atoms with van der Waals surface area (Å²) >= 11 is 0. The van der Waals surface area contributed by atoms with Crippen LogP contribution < -0.4 is 5.73 Å². The third-order valence-electron chi connectivity index (χ3n) is 5.44. The first-order chi connectivity index (χ1) is 12.1. The minimum absolute atomic E-state index is 0. The molecule has 2 fully saturated rings. The van der Waals surface area contributed by atoms with Gasteiger partial charge in [-0.25, -0.2) is 0 Å². The van der Waals surface area contributed by atoms with Crippen molar-refractivity contribution in [3.8, 4) is 0 Å². The highest BCUT2D eigenvalue weighted by Gasteiger charge is 2.52. The maximum atomic E-state index is 13.1. The SMILES string of the molecule is Cl.NCCc1ccc(C(=O)N2CCCC23CCCN(CCO)C3=O)cc1. The number of nitrogens with two attached hydrogens (primary N) is 1. The van der Waals surface area contributed by atoms with Gasteiger partial charge in [-0.15, -0.1) is 12.4 Å². The first-order valence-corrected chi connectivity index (χ1v) is 9.13. The molecule has 0 saturated carbocycles. The number of hydrogen-bond acceptors (Lipinski definition) is 4. The monoisotopic (exact) mass is 381 g/mol. The van der Waals surface area contributed by atoms with Gasteiger partial charge in [-0.1, -0.05) is 12.1 Å². The van der Waals surface area contributed by atoms with E-state index in [9.17, 15) is 14.7 Å². The molecule has 0 aromatic heterocycles. The summed E-state index contributed by atoms with van der Waals surface area (Å²) in [5, 5.41) is 9.21. The maximum absolute atomic E-state index is 13.1. The topological polar surface area (TPSA) is 86.9 Å². The molecule has 144 valence electrons. The Balaban J connectivity index is 0.00000243. The molecule has 2 saturated heterocycles. The maximum Gasteiger partial charge on any atom is 0.254 e. The van der Waals surface area contributed by atoms with Crippen molar-refractivity contribution >= 4 is 24.2 Å². The Kier molecular flexibility index (Phi) is 7.03. The van der Waals surface area contributed by atoms with E-state index in [1.807, 2.05) is 24.3 Å². The third kappa shape index (κ3) is 3.72. The van der Waals surface area contributed by atoms with Gasteiger partial charge in [0.2, 0.25) is 5.91 Å². The van der Waals surface area contributed by atoms with Gasteiger partial charge in [-0.2, -0.15) is 0 Å². The molecular formula is C19H28ClN3O3. The summed E-state index contributed by atoms with van der Waals surface area (Å²) in [4.78, 5) is 29.6. The van der Waals surface area contributed by atoms with E-state index < -0.39 is 5.54 Å². The van der Waals surface area contributed by atoms with Crippen molar-refractivity contribution in [2.75, 3.05) is 32.8 Å². The molecule has 7 heteroatoms. The van der Waals surface area contributed by atoms with Crippen LogP contribution in [0.1, 0.15) is 41.6 Å². The summed E-state index contributed by atoms with van der Waals surface area (Å²) in [6, 6.07) is 7.53. The lowest BCUT2D eigenvalue weighted by atomic mass is 9.85. The molecule has 1 aromatic carbocycles. The average molecular weight is 382 g/mol. The number of carbonyl (C=O) groups is 2. The van der Waals surface area contributed by atoms with Crippen LogP contribution in [-0.2, 0) is 11.2 Å². The van der Waals surface area contributed by atoms with Crippen LogP contribution in [0, 0.1) is 0 Å². The Labute approximate surface area is 160 Å². The minimum atomic E-state index is -0.722. The van der Waals surface area contributed by atoms with Gasteiger partial charge in [-0.05, 0) is 56.3 Å². The molecule has 1 unspecified atom stereocenters. The first kappa shape index (κ1) is 20.7. The lowest BCUT2D eigenvalue weighted by molar-refractivity contribution is -0.146. The number of nitrogens with zero attached hydrogens (tertiary/aromatic N) is 2. The van der Waals surface area contributed by atoms with Crippen LogP contribution in [0.2, 0.25) is 0 Å². The third-order valence-corrected chi connectivity index (χ3v) is 5.44. The molecule has 1 spiro atoms. The quantitative estimate of drug-likeness (QED) is 0.802. The Hall–Kier alpha value is -1.63. The molecule has 6 nitrogen and oxygen atoms in total. The number of rotatable bonds is 5. The molecule has 3 rings (SSSR count). The van der Waals surface area contributed by atoms with Gasteiger partial charge in [0, 0.05) is 25.2 Å². The van der Waals surface area contributed by atoms with E-state index in [4.69, 9.17) is 5.73 Å². The van der Waals surface area contributed by atoms with Crippen LogP contribution in [0.4, 0.5) is 0 Å². The second kappa shape index (κ2) is 8.84. The number of likely N-dealkylation sites (tertiary alicyclic amines) is 2. The molecule has 1 atom stereocenters. The zero-order valence-corrected chi connectivity index (χ0v) is 15.8. The molecule has 2 aliphatic rings. The van der Waals surface area contributed by atoms with Crippen molar-refractivity contribution in [1.82, 2.24) is 9.80 Å². The van der Waals surface area contributed by atoms with Crippen LogP contribution >= 0.6 is 12.4 Å². The van der Waals surface area contributed by atoms with Crippen LogP contribution in [0.5, 0.6) is 0 Å². The normalized spacial score (nSPS) is 22.6. The minimum Gasteiger partial charge on any atom is -0.395 e.